The zero-order valence-corrected chi connectivity index (χ0v) is 18.8. The normalized spacial score (nSPS) is 11.3. The molecule has 0 amide bonds. The average molecular weight is 469 g/mol. The topological polar surface area (TPSA) is 26.3 Å². The van der Waals surface area contributed by atoms with Gasteiger partial charge < -0.3 is 4.74 Å². The highest BCUT2D eigenvalue weighted by Gasteiger charge is 2.18. The summed E-state index contributed by atoms with van der Waals surface area (Å²) in [7, 11) is 0. The predicted octanol–water partition coefficient (Wildman–Crippen LogP) is 7.57. The smallest absolute Gasteiger partial charge is 0.330 e. The Labute approximate surface area is 182 Å². The number of hydrogen-bond acceptors (Lipinski definition) is 2. The molecule has 2 nitrogen and oxygen atoms in total. The minimum absolute atomic E-state index is 0.307. The van der Waals surface area contributed by atoms with Crippen molar-refractivity contribution in [2.24, 2.45) is 0 Å². The third-order valence-electron chi connectivity index (χ3n) is 4.25. The molecule has 0 spiro atoms. The van der Waals surface area contributed by atoms with Crippen molar-refractivity contribution < 1.29 is 18.3 Å². The van der Waals surface area contributed by atoms with Crippen molar-refractivity contribution in [2.75, 3.05) is 6.61 Å². The minimum atomic E-state index is -2.68. The monoisotopic (exact) mass is 468 g/mol. The maximum absolute atomic E-state index is 12.6. The summed E-state index contributed by atoms with van der Waals surface area (Å²) >= 11 is 3.37. The van der Waals surface area contributed by atoms with Crippen LogP contribution in [0.25, 0.3) is 6.08 Å². The summed E-state index contributed by atoms with van der Waals surface area (Å²) in [5.74, 6) is 2.37. The molecule has 1 aromatic carbocycles. The Morgan fingerprint density at radius 2 is 1.59 bits per heavy atom. The quantitative estimate of drug-likeness (QED) is 0.129. The van der Waals surface area contributed by atoms with E-state index in [1.165, 1.54) is 18.9 Å². The Hall–Kier alpha value is -1.67. The summed E-state index contributed by atoms with van der Waals surface area (Å²) in [6, 6.07) is 7.70. The van der Waals surface area contributed by atoms with E-state index in [4.69, 9.17) is 4.74 Å². The number of carbonyl (C=O) groups excluding carboxylic acids is 1. The van der Waals surface area contributed by atoms with Crippen LogP contribution in [0.4, 0.5) is 8.78 Å². The molecular formula is C24H31BrF2O2. The fourth-order valence-electron chi connectivity index (χ4n) is 2.64. The Balaban J connectivity index is 1.90. The number of unbranched alkanes of at least 4 members (excludes halogenated alkanes) is 8. The van der Waals surface area contributed by atoms with Crippen LogP contribution in [0.15, 0.2) is 34.8 Å². The average Bonchev–Trinajstić information content (AvgIpc) is 2.67. The number of esters is 1. The van der Waals surface area contributed by atoms with E-state index in [1.807, 2.05) is 24.3 Å². The molecule has 1 rings (SSSR count). The maximum atomic E-state index is 12.6. The van der Waals surface area contributed by atoms with Crippen LogP contribution in [0.2, 0.25) is 0 Å². The highest BCUT2D eigenvalue weighted by molar-refractivity contribution is 9.10. The van der Waals surface area contributed by atoms with Crippen LogP contribution in [0, 0.1) is 11.8 Å². The number of hydrogen-bond donors (Lipinski definition) is 0. The van der Waals surface area contributed by atoms with Gasteiger partial charge in [0, 0.05) is 23.9 Å². The first-order valence-corrected chi connectivity index (χ1v) is 11.1. The number of benzene rings is 1. The van der Waals surface area contributed by atoms with E-state index in [0.717, 1.165) is 55.5 Å². The minimum Gasteiger partial charge on any atom is -0.463 e. The van der Waals surface area contributed by atoms with Crippen LogP contribution >= 0.6 is 15.9 Å². The van der Waals surface area contributed by atoms with Crippen molar-refractivity contribution in [3.63, 3.8) is 0 Å². The summed E-state index contributed by atoms with van der Waals surface area (Å²) in [6.07, 6.45) is 12.2. The largest absolute Gasteiger partial charge is 0.463 e. The summed E-state index contributed by atoms with van der Waals surface area (Å²) in [5, 5.41) is 0. The molecule has 5 heteroatoms. The van der Waals surface area contributed by atoms with Gasteiger partial charge in [0.1, 0.15) is 0 Å². The summed E-state index contributed by atoms with van der Waals surface area (Å²) in [4.78, 5) is 11.7. The van der Waals surface area contributed by atoms with E-state index in [2.05, 4.69) is 27.8 Å². The first kappa shape index (κ1) is 25.4. The zero-order valence-electron chi connectivity index (χ0n) is 17.2. The molecule has 0 heterocycles. The van der Waals surface area contributed by atoms with E-state index >= 15 is 0 Å². The van der Waals surface area contributed by atoms with Crippen molar-refractivity contribution in [3.8, 4) is 11.8 Å². The highest BCUT2D eigenvalue weighted by Crippen LogP contribution is 2.15. The van der Waals surface area contributed by atoms with Crippen LogP contribution in [0.5, 0.6) is 0 Å². The second-order valence-electron chi connectivity index (χ2n) is 7.23. The lowest BCUT2D eigenvalue weighted by Crippen LogP contribution is -2.06. The maximum Gasteiger partial charge on any atom is 0.330 e. The molecule has 0 fully saturated rings. The van der Waals surface area contributed by atoms with E-state index in [-0.39, 0.29) is 12.4 Å². The Morgan fingerprint density at radius 1 is 1.00 bits per heavy atom. The van der Waals surface area contributed by atoms with Crippen molar-refractivity contribution in [1.82, 2.24) is 0 Å². The van der Waals surface area contributed by atoms with Gasteiger partial charge in [-0.15, -0.1) is 5.92 Å². The van der Waals surface area contributed by atoms with Crippen LogP contribution in [0.1, 0.15) is 76.7 Å². The van der Waals surface area contributed by atoms with Gasteiger partial charge in [-0.1, -0.05) is 72.5 Å². The van der Waals surface area contributed by atoms with Gasteiger partial charge in [-0.2, -0.15) is 0 Å². The molecule has 29 heavy (non-hydrogen) atoms. The first-order valence-electron chi connectivity index (χ1n) is 10.3. The van der Waals surface area contributed by atoms with Gasteiger partial charge in [0.25, 0.3) is 5.92 Å². The second kappa shape index (κ2) is 15.2. The van der Waals surface area contributed by atoms with Crippen LogP contribution in [-0.4, -0.2) is 18.5 Å². The van der Waals surface area contributed by atoms with Gasteiger partial charge in [-0.05, 0) is 36.6 Å². The van der Waals surface area contributed by atoms with Gasteiger partial charge >= 0.3 is 5.97 Å². The number of alkyl halides is 2. The van der Waals surface area contributed by atoms with Gasteiger partial charge in [-0.3, -0.25) is 0 Å². The molecule has 0 saturated heterocycles. The summed E-state index contributed by atoms with van der Waals surface area (Å²) in [6.45, 7) is 1.35. The third-order valence-corrected chi connectivity index (χ3v) is 4.77. The molecule has 1 aromatic rings. The van der Waals surface area contributed by atoms with E-state index in [1.54, 1.807) is 6.08 Å². The summed E-state index contributed by atoms with van der Waals surface area (Å²) < 4.78 is 31.3. The molecule has 0 unspecified atom stereocenters. The molecule has 0 bridgehead atoms. The lowest BCUT2D eigenvalue weighted by Gasteiger charge is -2.03. The fourth-order valence-corrected chi connectivity index (χ4v) is 2.91. The third kappa shape index (κ3) is 15.9. The van der Waals surface area contributed by atoms with Gasteiger partial charge in [-0.25, -0.2) is 13.6 Å². The Bertz CT molecular complexity index is 667. The predicted molar refractivity (Wildman–Crippen MR) is 119 cm³/mol. The number of rotatable bonds is 13. The number of carbonyl (C=O) groups is 1. The summed E-state index contributed by atoms with van der Waals surface area (Å²) in [5.41, 5.74) is 0.958. The second-order valence-corrected chi connectivity index (χ2v) is 8.15. The van der Waals surface area contributed by atoms with Crippen molar-refractivity contribution in [3.05, 3.63) is 40.4 Å². The van der Waals surface area contributed by atoms with Crippen molar-refractivity contribution in [2.45, 2.75) is 77.1 Å². The van der Waals surface area contributed by atoms with Gasteiger partial charge in [0.2, 0.25) is 0 Å². The SMILES string of the molecule is CC(F)(F)CC#CCCCCCCCCCCOC(=O)/C=C/c1ccc(Br)cc1. The molecule has 0 saturated carbocycles. The van der Waals surface area contributed by atoms with E-state index in [9.17, 15) is 13.6 Å². The number of ether oxygens (including phenoxy) is 1. The first-order chi connectivity index (χ1) is 13.9. The fraction of sp³-hybridized carbons (Fsp3) is 0.542. The van der Waals surface area contributed by atoms with Crippen LogP contribution in [-0.2, 0) is 9.53 Å². The molecule has 0 atom stereocenters. The van der Waals surface area contributed by atoms with Gasteiger partial charge in [0.15, 0.2) is 0 Å². The molecule has 0 aliphatic rings. The van der Waals surface area contributed by atoms with E-state index in [0.29, 0.717) is 13.0 Å². The number of halogens is 3. The Morgan fingerprint density at radius 3 is 2.21 bits per heavy atom. The molecule has 0 N–H and O–H groups in total. The Kier molecular flexibility index (Phi) is 13.3. The highest BCUT2D eigenvalue weighted by atomic mass is 79.9. The van der Waals surface area contributed by atoms with Crippen LogP contribution < -0.4 is 0 Å². The van der Waals surface area contributed by atoms with E-state index < -0.39 is 5.92 Å². The standard InChI is InChI=1S/C24H31BrF2O2/c1-24(26,27)19-11-9-7-5-3-2-4-6-8-10-12-20-29-23(28)18-15-21-13-16-22(25)17-14-21/h13-18H,2-8,10,12,19-20H2,1H3/b18-15+. The molecular weight excluding hydrogens is 438 g/mol. The van der Waals surface area contributed by atoms with Crippen molar-refractivity contribution >= 4 is 28.0 Å². The lowest BCUT2D eigenvalue weighted by molar-refractivity contribution is -0.137. The zero-order chi connectivity index (χ0) is 21.4. The van der Waals surface area contributed by atoms with Gasteiger partial charge in [0.05, 0.1) is 13.0 Å². The van der Waals surface area contributed by atoms with Crippen LogP contribution in [0.3, 0.4) is 0 Å². The lowest BCUT2D eigenvalue weighted by atomic mass is 10.1. The molecule has 160 valence electrons. The molecule has 0 aliphatic carbocycles. The molecule has 0 radical (unpaired) electrons. The van der Waals surface area contributed by atoms with Crippen molar-refractivity contribution in [1.29, 1.82) is 0 Å². The molecule has 0 aliphatic heterocycles. The molecule has 0 aromatic heterocycles.